The summed E-state index contributed by atoms with van der Waals surface area (Å²) in [5, 5.41) is 0.976. The first-order valence-electron chi connectivity index (χ1n) is 6.28. The van der Waals surface area contributed by atoms with Crippen LogP contribution in [-0.4, -0.2) is 33.7 Å². The Morgan fingerprint density at radius 1 is 1.50 bits per heavy atom. The highest BCUT2D eigenvalue weighted by atomic mass is 79.9. The molecule has 2 heterocycles. The molecule has 1 amide bonds. The number of H-pyrrole nitrogens is 1. The average Bonchev–Trinajstić information content (AvgIpc) is 2.84. The van der Waals surface area contributed by atoms with Gasteiger partial charge in [0, 0.05) is 30.2 Å². The van der Waals surface area contributed by atoms with Crippen molar-refractivity contribution < 1.29 is 4.79 Å². The molecule has 1 aliphatic rings. The SMILES string of the molecule is O=C(c1ccc(=O)[nH]c1)N1CCCC1CCCBr. The van der Waals surface area contributed by atoms with Gasteiger partial charge in [-0.1, -0.05) is 15.9 Å². The van der Waals surface area contributed by atoms with E-state index in [0.717, 1.165) is 37.6 Å². The predicted octanol–water partition coefficient (Wildman–Crippen LogP) is 2.15. The quantitative estimate of drug-likeness (QED) is 0.866. The number of hydrogen-bond acceptors (Lipinski definition) is 2. The van der Waals surface area contributed by atoms with Crippen molar-refractivity contribution in [2.45, 2.75) is 31.7 Å². The highest BCUT2D eigenvalue weighted by molar-refractivity contribution is 9.09. The van der Waals surface area contributed by atoms with Gasteiger partial charge in [-0.25, -0.2) is 0 Å². The van der Waals surface area contributed by atoms with E-state index in [0.29, 0.717) is 11.6 Å². The van der Waals surface area contributed by atoms with Crippen LogP contribution >= 0.6 is 15.9 Å². The Bertz CT molecular complexity index is 452. The van der Waals surface area contributed by atoms with Crippen molar-refractivity contribution in [2.75, 3.05) is 11.9 Å². The number of carbonyl (C=O) groups is 1. The summed E-state index contributed by atoms with van der Waals surface area (Å²) in [4.78, 5) is 27.8. The van der Waals surface area contributed by atoms with Gasteiger partial charge in [-0.2, -0.15) is 0 Å². The third-order valence-corrected chi connectivity index (χ3v) is 3.90. The third-order valence-electron chi connectivity index (χ3n) is 3.34. The Kier molecular flexibility index (Phi) is 4.58. The van der Waals surface area contributed by atoms with Crippen LogP contribution in [0.15, 0.2) is 23.1 Å². The first-order valence-corrected chi connectivity index (χ1v) is 7.40. The molecule has 1 saturated heterocycles. The van der Waals surface area contributed by atoms with Crippen molar-refractivity contribution in [1.82, 2.24) is 9.88 Å². The third kappa shape index (κ3) is 3.02. The van der Waals surface area contributed by atoms with Gasteiger partial charge in [0.15, 0.2) is 0 Å². The number of alkyl halides is 1. The summed E-state index contributed by atoms with van der Waals surface area (Å²) in [7, 11) is 0. The molecule has 4 nitrogen and oxygen atoms in total. The summed E-state index contributed by atoms with van der Waals surface area (Å²) in [5.74, 6) is 0.0309. The number of nitrogens with zero attached hydrogens (tertiary/aromatic N) is 1. The van der Waals surface area contributed by atoms with Gasteiger partial charge in [0.25, 0.3) is 5.91 Å². The molecule has 0 spiro atoms. The molecule has 0 radical (unpaired) electrons. The van der Waals surface area contributed by atoms with E-state index in [4.69, 9.17) is 0 Å². The van der Waals surface area contributed by atoms with Crippen molar-refractivity contribution in [3.8, 4) is 0 Å². The Morgan fingerprint density at radius 2 is 2.33 bits per heavy atom. The topological polar surface area (TPSA) is 53.2 Å². The fourth-order valence-corrected chi connectivity index (χ4v) is 2.75. The van der Waals surface area contributed by atoms with E-state index < -0.39 is 0 Å². The predicted molar refractivity (Wildman–Crippen MR) is 74.1 cm³/mol. The maximum Gasteiger partial charge on any atom is 0.255 e. The van der Waals surface area contributed by atoms with E-state index in [2.05, 4.69) is 20.9 Å². The molecule has 5 heteroatoms. The number of hydrogen-bond donors (Lipinski definition) is 1. The van der Waals surface area contributed by atoms with Crippen molar-refractivity contribution >= 4 is 21.8 Å². The number of carbonyl (C=O) groups excluding carboxylic acids is 1. The molecule has 0 aromatic carbocycles. The molecule has 2 rings (SSSR count). The first-order chi connectivity index (χ1) is 8.72. The van der Waals surface area contributed by atoms with Crippen LogP contribution in [-0.2, 0) is 0 Å². The number of aromatic amines is 1. The van der Waals surface area contributed by atoms with Crippen LogP contribution in [0.3, 0.4) is 0 Å². The number of likely N-dealkylation sites (tertiary alicyclic amines) is 1. The second-order valence-corrected chi connectivity index (χ2v) is 5.36. The highest BCUT2D eigenvalue weighted by Gasteiger charge is 2.28. The lowest BCUT2D eigenvalue weighted by atomic mass is 10.1. The minimum Gasteiger partial charge on any atom is -0.336 e. The normalized spacial score (nSPS) is 19.2. The van der Waals surface area contributed by atoms with E-state index >= 15 is 0 Å². The molecule has 0 bridgehead atoms. The smallest absolute Gasteiger partial charge is 0.255 e. The molecule has 1 atom stereocenters. The summed E-state index contributed by atoms with van der Waals surface area (Å²) in [5.41, 5.74) is 0.393. The standard InChI is InChI=1S/C13H17BrN2O2/c14-7-1-3-11-4-2-8-16(11)13(18)10-5-6-12(17)15-9-10/h5-6,9,11H,1-4,7-8H2,(H,15,17). The second-order valence-electron chi connectivity index (χ2n) is 4.57. The lowest BCUT2D eigenvalue weighted by molar-refractivity contribution is 0.0730. The molecule has 1 aromatic heterocycles. The lowest BCUT2D eigenvalue weighted by Crippen LogP contribution is -2.35. The molecule has 0 aliphatic carbocycles. The lowest BCUT2D eigenvalue weighted by Gasteiger charge is -2.24. The van der Waals surface area contributed by atoms with Crippen LogP contribution in [0, 0.1) is 0 Å². The molecule has 1 aliphatic heterocycles. The van der Waals surface area contributed by atoms with Crippen molar-refractivity contribution in [3.05, 3.63) is 34.2 Å². The molecule has 1 N–H and O–H groups in total. The second kappa shape index (κ2) is 6.18. The Hall–Kier alpha value is -1.10. The fourth-order valence-electron chi connectivity index (χ4n) is 2.43. The number of aromatic nitrogens is 1. The summed E-state index contributed by atoms with van der Waals surface area (Å²) in [6.07, 6.45) is 5.79. The van der Waals surface area contributed by atoms with Gasteiger partial charge in [-0.3, -0.25) is 9.59 Å². The van der Waals surface area contributed by atoms with Crippen molar-refractivity contribution in [1.29, 1.82) is 0 Å². The number of amides is 1. The monoisotopic (exact) mass is 312 g/mol. The van der Waals surface area contributed by atoms with E-state index in [9.17, 15) is 9.59 Å². The number of rotatable bonds is 4. The maximum atomic E-state index is 12.3. The molecule has 98 valence electrons. The molecule has 1 fully saturated rings. The summed E-state index contributed by atoms with van der Waals surface area (Å²) in [6, 6.07) is 3.35. The number of pyridine rings is 1. The van der Waals surface area contributed by atoms with Crippen LogP contribution in [0.2, 0.25) is 0 Å². The fraction of sp³-hybridized carbons (Fsp3) is 0.538. The Labute approximate surface area is 115 Å². The maximum absolute atomic E-state index is 12.3. The van der Waals surface area contributed by atoms with Crippen molar-refractivity contribution in [2.24, 2.45) is 0 Å². The van der Waals surface area contributed by atoms with Gasteiger partial charge in [0.1, 0.15) is 0 Å². The zero-order valence-electron chi connectivity index (χ0n) is 10.2. The molecule has 1 aromatic rings. The number of nitrogens with one attached hydrogen (secondary N) is 1. The van der Waals surface area contributed by atoms with Gasteiger partial charge in [-0.15, -0.1) is 0 Å². The van der Waals surface area contributed by atoms with Crippen LogP contribution in [0.4, 0.5) is 0 Å². The van der Waals surface area contributed by atoms with Gasteiger partial charge in [0.05, 0.1) is 5.56 Å². The van der Waals surface area contributed by atoms with Crippen LogP contribution < -0.4 is 5.56 Å². The van der Waals surface area contributed by atoms with Crippen molar-refractivity contribution in [3.63, 3.8) is 0 Å². The van der Waals surface area contributed by atoms with Gasteiger partial charge in [-0.05, 0) is 31.7 Å². The molecular formula is C13H17BrN2O2. The van der Waals surface area contributed by atoms with Crippen LogP contribution in [0.25, 0.3) is 0 Å². The van der Waals surface area contributed by atoms with Crippen LogP contribution in [0.5, 0.6) is 0 Å². The van der Waals surface area contributed by atoms with Gasteiger partial charge < -0.3 is 9.88 Å². The zero-order chi connectivity index (χ0) is 13.0. The summed E-state index contributed by atoms with van der Waals surface area (Å²) < 4.78 is 0. The van der Waals surface area contributed by atoms with E-state index in [1.807, 2.05) is 4.90 Å². The highest BCUT2D eigenvalue weighted by Crippen LogP contribution is 2.23. The van der Waals surface area contributed by atoms with E-state index in [1.165, 1.54) is 12.3 Å². The van der Waals surface area contributed by atoms with Gasteiger partial charge >= 0.3 is 0 Å². The van der Waals surface area contributed by atoms with E-state index in [1.54, 1.807) is 6.07 Å². The van der Waals surface area contributed by atoms with E-state index in [-0.39, 0.29) is 11.5 Å². The largest absolute Gasteiger partial charge is 0.336 e. The Morgan fingerprint density at radius 3 is 3.00 bits per heavy atom. The minimum absolute atomic E-state index is 0.0309. The molecular weight excluding hydrogens is 296 g/mol. The number of halogens is 1. The summed E-state index contributed by atoms with van der Waals surface area (Å²) >= 11 is 3.42. The molecule has 1 unspecified atom stereocenters. The van der Waals surface area contributed by atoms with Crippen LogP contribution in [0.1, 0.15) is 36.0 Å². The van der Waals surface area contributed by atoms with Gasteiger partial charge in [0.2, 0.25) is 5.56 Å². The first kappa shape index (κ1) is 13.3. The Balaban J connectivity index is 2.07. The zero-order valence-corrected chi connectivity index (χ0v) is 11.8. The summed E-state index contributed by atoms with van der Waals surface area (Å²) in [6.45, 7) is 0.824. The molecule has 18 heavy (non-hydrogen) atoms. The average molecular weight is 313 g/mol. The molecule has 0 saturated carbocycles. The minimum atomic E-state index is -0.177.